The molecule has 0 aliphatic carbocycles. The quantitative estimate of drug-likeness (QED) is 0.721. The number of carbonyl (C=O) groups excluding carboxylic acids is 1. The van der Waals surface area contributed by atoms with Crippen LogP contribution in [0.2, 0.25) is 0 Å². The summed E-state index contributed by atoms with van der Waals surface area (Å²) in [5, 5.41) is 18.0. The zero-order valence-corrected chi connectivity index (χ0v) is 13.3. The van der Waals surface area contributed by atoms with Crippen molar-refractivity contribution >= 4 is 17.7 Å². The van der Waals surface area contributed by atoms with Gasteiger partial charge in [0.1, 0.15) is 11.6 Å². The van der Waals surface area contributed by atoms with Gasteiger partial charge < -0.3 is 10.4 Å². The van der Waals surface area contributed by atoms with Crippen LogP contribution in [0.25, 0.3) is 11.3 Å². The van der Waals surface area contributed by atoms with E-state index in [9.17, 15) is 13.6 Å². The molecule has 2 rings (SSSR count). The number of carbonyl (C=O) groups is 1. The first-order valence-electron chi connectivity index (χ1n) is 6.96. The Morgan fingerprint density at radius 1 is 1.43 bits per heavy atom. The van der Waals surface area contributed by atoms with Crippen molar-refractivity contribution in [1.82, 2.24) is 15.5 Å². The maximum absolute atomic E-state index is 13.9. The third-order valence-corrected chi connectivity index (χ3v) is 4.01. The average Bonchev–Trinajstić information content (AvgIpc) is 2.97. The highest BCUT2D eigenvalue weighted by atomic mass is 32.2. The second-order valence-corrected chi connectivity index (χ2v) is 5.80. The first kappa shape index (κ1) is 17.4. The van der Waals surface area contributed by atoms with E-state index in [2.05, 4.69) is 15.5 Å². The van der Waals surface area contributed by atoms with Gasteiger partial charge in [-0.15, -0.1) is 0 Å². The van der Waals surface area contributed by atoms with E-state index in [-0.39, 0.29) is 29.5 Å². The Balaban J connectivity index is 2.28. The topological polar surface area (TPSA) is 78.0 Å². The Morgan fingerprint density at radius 3 is 2.74 bits per heavy atom. The number of aliphatic hydroxyl groups is 1. The maximum atomic E-state index is 13.9. The molecule has 0 saturated heterocycles. The van der Waals surface area contributed by atoms with E-state index < -0.39 is 17.5 Å². The lowest BCUT2D eigenvalue weighted by molar-refractivity contribution is 0.0936. The number of H-pyrrole nitrogens is 1. The Morgan fingerprint density at radius 2 is 2.13 bits per heavy atom. The monoisotopic (exact) mass is 341 g/mol. The molecular weight excluding hydrogens is 324 g/mol. The van der Waals surface area contributed by atoms with E-state index in [1.807, 2.05) is 6.26 Å². The average molecular weight is 341 g/mol. The number of rotatable bonds is 7. The number of nitrogens with zero attached hydrogens (tertiary/aromatic N) is 1. The third-order valence-electron chi connectivity index (χ3n) is 3.28. The minimum Gasteiger partial charge on any atom is -0.396 e. The number of benzene rings is 1. The number of amides is 1. The zero-order chi connectivity index (χ0) is 16.8. The van der Waals surface area contributed by atoms with Crippen LogP contribution in [0.15, 0.2) is 24.4 Å². The van der Waals surface area contributed by atoms with Gasteiger partial charge in [0, 0.05) is 18.4 Å². The van der Waals surface area contributed by atoms with E-state index >= 15 is 0 Å². The van der Waals surface area contributed by atoms with Crippen molar-refractivity contribution in [1.29, 1.82) is 0 Å². The van der Waals surface area contributed by atoms with Gasteiger partial charge in [0.25, 0.3) is 5.91 Å². The van der Waals surface area contributed by atoms with Gasteiger partial charge in [0.15, 0.2) is 0 Å². The van der Waals surface area contributed by atoms with Gasteiger partial charge >= 0.3 is 0 Å². The summed E-state index contributed by atoms with van der Waals surface area (Å²) in [6.45, 7) is -0.0638. The van der Waals surface area contributed by atoms with E-state index in [1.54, 1.807) is 0 Å². The van der Waals surface area contributed by atoms with Gasteiger partial charge in [0.05, 0.1) is 23.0 Å². The van der Waals surface area contributed by atoms with Crippen molar-refractivity contribution in [2.75, 3.05) is 18.6 Å². The lowest BCUT2D eigenvalue weighted by Gasteiger charge is -2.16. The number of nitrogens with one attached hydrogen (secondary N) is 2. The van der Waals surface area contributed by atoms with Gasteiger partial charge in [-0.2, -0.15) is 16.9 Å². The lowest BCUT2D eigenvalue weighted by Crippen LogP contribution is -2.37. The highest BCUT2D eigenvalue weighted by Crippen LogP contribution is 2.27. The van der Waals surface area contributed by atoms with Gasteiger partial charge in [0.2, 0.25) is 0 Å². The molecule has 2 aromatic rings. The van der Waals surface area contributed by atoms with Crippen molar-refractivity contribution in [3.8, 4) is 11.3 Å². The fourth-order valence-corrected chi connectivity index (χ4v) is 2.86. The number of aliphatic hydroxyl groups excluding tert-OH is 1. The fourth-order valence-electron chi connectivity index (χ4n) is 2.20. The summed E-state index contributed by atoms with van der Waals surface area (Å²) in [5.74, 6) is -1.43. The van der Waals surface area contributed by atoms with Crippen molar-refractivity contribution in [2.45, 2.75) is 12.5 Å². The number of thioether (sulfide) groups is 1. The molecule has 124 valence electrons. The van der Waals surface area contributed by atoms with E-state index in [0.29, 0.717) is 12.2 Å². The largest absolute Gasteiger partial charge is 0.396 e. The highest BCUT2D eigenvalue weighted by molar-refractivity contribution is 7.98. The van der Waals surface area contributed by atoms with Gasteiger partial charge in [-0.05, 0) is 24.8 Å². The summed E-state index contributed by atoms with van der Waals surface area (Å²) in [4.78, 5) is 12.4. The molecule has 1 unspecified atom stereocenters. The molecule has 1 atom stereocenters. The molecule has 0 spiro atoms. The predicted octanol–water partition coefficient (Wildman–Crippen LogP) is 2.20. The number of halogens is 2. The Labute approximate surface area is 136 Å². The van der Waals surface area contributed by atoms with Crippen LogP contribution in [-0.2, 0) is 0 Å². The Kier molecular flexibility index (Phi) is 6.12. The molecule has 0 fully saturated rings. The molecule has 1 amide bonds. The number of hydrogen-bond donors (Lipinski definition) is 3. The molecule has 1 heterocycles. The van der Waals surface area contributed by atoms with Crippen molar-refractivity contribution < 1.29 is 18.7 Å². The molecule has 0 saturated carbocycles. The molecule has 0 aliphatic rings. The summed E-state index contributed by atoms with van der Waals surface area (Å²) < 4.78 is 27.8. The van der Waals surface area contributed by atoms with E-state index in [4.69, 9.17) is 5.11 Å². The summed E-state index contributed by atoms with van der Waals surface area (Å²) >= 11 is 1.53. The second-order valence-electron chi connectivity index (χ2n) is 4.89. The third kappa shape index (κ3) is 4.08. The minimum atomic E-state index is -0.778. The number of hydrogen-bond acceptors (Lipinski definition) is 4. The normalized spacial score (nSPS) is 12.2. The number of aromatic amines is 1. The van der Waals surface area contributed by atoms with Crippen molar-refractivity contribution in [2.24, 2.45) is 0 Å². The van der Waals surface area contributed by atoms with Crippen LogP contribution in [0.4, 0.5) is 8.78 Å². The molecular formula is C15H17F2N3O2S. The molecule has 0 aliphatic heterocycles. The highest BCUT2D eigenvalue weighted by Gasteiger charge is 2.22. The first-order valence-corrected chi connectivity index (χ1v) is 8.36. The van der Waals surface area contributed by atoms with Crippen LogP contribution in [0, 0.1) is 11.6 Å². The van der Waals surface area contributed by atoms with Crippen LogP contribution in [-0.4, -0.2) is 45.9 Å². The minimum absolute atomic E-state index is 0.00926. The zero-order valence-electron chi connectivity index (χ0n) is 12.5. The van der Waals surface area contributed by atoms with Crippen molar-refractivity contribution in [3.05, 3.63) is 41.6 Å². The van der Waals surface area contributed by atoms with Crippen LogP contribution >= 0.6 is 11.8 Å². The molecule has 0 radical (unpaired) electrons. The van der Waals surface area contributed by atoms with Crippen molar-refractivity contribution in [3.63, 3.8) is 0 Å². The van der Waals surface area contributed by atoms with Crippen LogP contribution in [0.1, 0.15) is 16.8 Å². The summed E-state index contributed by atoms with van der Waals surface area (Å²) in [6.07, 6.45) is 3.51. The van der Waals surface area contributed by atoms with Crippen LogP contribution in [0.5, 0.6) is 0 Å². The molecule has 3 N–H and O–H groups in total. The molecule has 1 aromatic carbocycles. The number of aromatic nitrogens is 2. The second kappa shape index (κ2) is 8.07. The summed E-state index contributed by atoms with van der Waals surface area (Å²) in [7, 11) is 0. The summed E-state index contributed by atoms with van der Waals surface area (Å²) in [6, 6.07) is 3.24. The Bertz CT molecular complexity index is 652. The molecule has 8 heteroatoms. The van der Waals surface area contributed by atoms with Crippen LogP contribution in [0.3, 0.4) is 0 Å². The van der Waals surface area contributed by atoms with Gasteiger partial charge in [-0.25, -0.2) is 8.78 Å². The molecule has 0 bridgehead atoms. The standard InChI is InChI=1S/C15H17F2N3O2S/c1-23-8-9(5-6-21)19-15(22)10-7-18-20-14(10)13-11(16)3-2-4-12(13)17/h2-4,7,9,21H,5-6,8H2,1H3,(H,18,20)(H,19,22). The maximum Gasteiger partial charge on any atom is 0.255 e. The van der Waals surface area contributed by atoms with E-state index in [0.717, 1.165) is 12.1 Å². The van der Waals surface area contributed by atoms with Gasteiger partial charge in [-0.1, -0.05) is 6.07 Å². The fraction of sp³-hybridized carbons (Fsp3) is 0.333. The predicted molar refractivity (Wildman–Crippen MR) is 85.3 cm³/mol. The molecule has 1 aromatic heterocycles. The van der Waals surface area contributed by atoms with Gasteiger partial charge in [-0.3, -0.25) is 9.89 Å². The van der Waals surface area contributed by atoms with E-state index in [1.165, 1.54) is 24.0 Å². The van der Waals surface area contributed by atoms with Crippen LogP contribution < -0.4 is 5.32 Å². The molecule has 5 nitrogen and oxygen atoms in total. The first-order chi connectivity index (χ1) is 11.1. The smallest absolute Gasteiger partial charge is 0.255 e. The lowest BCUT2D eigenvalue weighted by atomic mass is 10.1. The summed E-state index contributed by atoms with van der Waals surface area (Å²) in [5.41, 5.74) is -0.276. The SMILES string of the molecule is CSCC(CCO)NC(=O)c1cn[nH]c1-c1c(F)cccc1F. The molecule has 23 heavy (non-hydrogen) atoms. The Hall–Kier alpha value is -1.93.